The molecule has 1 unspecified atom stereocenters. The Balaban J connectivity index is 1.75. The molecule has 3 nitrogen and oxygen atoms in total. The lowest BCUT2D eigenvalue weighted by molar-refractivity contribution is -0.118. The van der Waals surface area contributed by atoms with Crippen LogP contribution in [0, 0.1) is 0 Å². The van der Waals surface area contributed by atoms with Gasteiger partial charge in [0.25, 0.3) is 0 Å². The van der Waals surface area contributed by atoms with Crippen LogP contribution in [-0.2, 0) is 11.2 Å². The maximum absolute atomic E-state index is 12.5. The summed E-state index contributed by atoms with van der Waals surface area (Å²) in [6.45, 7) is 0.545. The van der Waals surface area contributed by atoms with E-state index in [1.807, 2.05) is 36.4 Å². The Morgan fingerprint density at radius 1 is 1.23 bits per heavy atom. The van der Waals surface area contributed by atoms with Gasteiger partial charge in [-0.25, -0.2) is 0 Å². The lowest BCUT2D eigenvalue weighted by atomic mass is 9.98. The summed E-state index contributed by atoms with van der Waals surface area (Å²) in [4.78, 5) is 14.3. The summed E-state index contributed by atoms with van der Waals surface area (Å²) < 4.78 is 0. The minimum absolute atomic E-state index is 0.0827. The zero-order chi connectivity index (χ0) is 15.5. The molecule has 3 rings (SSSR count). The smallest absolute Gasteiger partial charge is 0.227 e. The van der Waals surface area contributed by atoms with E-state index in [1.165, 1.54) is 0 Å². The van der Waals surface area contributed by atoms with Crippen molar-refractivity contribution >= 4 is 23.2 Å². The fraction of sp³-hybridized carbons (Fsp3) is 0.278. The van der Waals surface area contributed by atoms with Crippen molar-refractivity contribution in [3.8, 4) is 0 Å². The lowest BCUT2D eigenvalue weighted by Gasteiger charge is -2.32. The van der Waals surface area contributed by atoms with Gasteiger partial charge in [0.2, 0.25) is 5.91 Å². The number of benzene rings is 2. The first kappa shape index (κ1) is 15.1. The summed E-state index contributed by atoms with van der Waals surface area (Å²) >= 11 is 6.00. The van der Waals surface area contributed by atoms with Crippen LogP contribution in [0.4, 0.5) is 5.69 Å². The molecule has 0 saturated heterocycles. The minimum atomic E-state index is -0.549. The van der Waals surface area contributed by atoms with Gasteiger partial charge in [-0.1, -0.05) is 41.9 Å². The van der Waals surface area contributed by atoms with Crippen LogP contribution in [0.2, 0.25) is 5.02 Å². The predicted octanol–water partition coefficient (Wildman–Crippen LogP) is 3.74. The Bertz CT molecular complexity index is 672. The highest BCUT2D eigenvalue weighted by Crippen LogP contribution is 2.35. The average molecular weight is 316 g/mol. The maximum Gasteiger partial charge on any atom is 0.227 e. The number of anilines is 1. The summed E-state index contributed by atoms with van der Waals surface area (Å²) in [6, 6.07) is 15.3. The molecule has 2 aromatic rings. The van der Waals surface area contributed by atoms with E-state index in [9.17, 15) is 9.90 Å². The Kier molecular flexibility index (Phi) is 4.46. The Labute approximate surface area is 135 Å². The van der Waals surface area contributed by atoms with E-state index in [0.717, 1.165) is 23.2 Å². The Morgan fingerprint density at radius 3 is 2.77 bits per heavy atom. The van der Waals surface area contributed by atoms with Gasteiger partial charge in [-0.2, -0.15) is 0 Å². The van der Waals surface area contributed by atoms with Crippen LogP contribution in [-0.4, -0.2) is 17.6 Å². The summed E-state index contributed by atoms with van der Waals surface area (Å²) in [5.74, 6) is 0.0827. The van der Waals surface area contributed by atoms with Crippen molar-refractivity contribution in [3.63, 3.8) is 0 Å². The molecule has 0 bridgehead atoms. The summed E-state index contributed by atoms with van der Waals surface area (Å²) in [5, 5.41) is 10.7. The predicted molar refractivity (Wildman–Crippen MR) is 88.1 cm³/mol. The number of aliphatic hydroxyl groups excluding tert-OH is 1. The van der Waals surface area contributed by atoms with E-state index in [1.54, 1.807) is 17.0 Å². The van der Waals surface area contributed by atoms with Crippen molar-refractivity contribution in [1.82, 2.24) is 0 Å². The fourth-order valence-corrected chi connectivity index (χ4v) is 3.04. The molecule has 2 aromatic carbocycles. The van der Waals surface area contributed by atoms with Gasteiger partial charge in [-0.15, -0.1) is 0 Å². The van der Waals surface area contributed by atoms with E-state index in [4.69, 9.17) is 11.6 Å². The van der Waals surface area contributed by atoms with Crippen molar-refractivity contribution in [2.45, 2.75) is 25.4 Å². The van der Waals surface area contributed by atoms with Gasteiger partial charge in [-0.3, -0.25) is 4.79 Å². The standard InChI is InChI=1S/C18H18ClNO2/c19-14-7-8-16-15(12-14)17(21)10-11-20(16)18(22)9-6-13-4-2-1-3-5-13/h1-5,7-8,12,17,21H,6,9-11H2. The molecule has 1 heterocycles. The van der Waals surface area contributed by atoms with E-state index in [0.29, 0.717) is 24.4 Å². The van der Waals surface area contributed by atoms with Crippen LogP contribution >= 0.6 is 11.6 Å². The first-order valence-corrected chi connectivity index (χ1v) is 7.85. The van der Waals surface area contributed by atoms with Gasteiger partial charge in [0.15, 0.2) is 0 Å². The van der Waals surface area contributed by atoms with Gasteiger partial charge in [0.1, 0.15) is 0 Å². The first-order valence-electron chi connectivity index (χ1n) is 7.47. The van der Waals surface area contributed by atoms with Crippen molar-refractivity contribution in [2.75, 3.05) is 11.4 Å². The molecule has 0 fully saturated rings. The topological polar surface area (TPSA) is 40.5 Å². The summed E-state index contributed by atoms with van der Waals surface area (Å²) in [6.07, 6.45) is 1.18. The highest BCUT2D eigenvalue weighted by atomic mass is 35.5. The molecule has 4 heteroatoms. The van der Waals surface area contributed by atoms with Crippen molar-refractivity contribution < 1.29 is 9.90 Å². The average Bonchev–Trinajstić information content (AvgIpc) is 2.54. The van der Waals surface area contributed by atoms with Crippen LogP contribution in [0.5, 0.6) is 0 Å². The summed E-state index contributed by atoms with van der Waals surface area (Å²) in [7, 11) is 0. The van der Waals surface area contributed by atoms with Crippen LogP contribution in [0.1, 0.15) is 30.1 Å². The zero-order valence-corrected chi connectivity index (χ0v) is 13.0. The molecule has 1 N–H and O–H groups in total. The van der Waals surface area contributed by atoms with Gasteiger partial charge in [0, 0.05) is 29.2 Å². The van der Waals surface area contributed by atoms with Gasteiger partial charge >= 0.3 is 0 Å². The normalized spacial score (nSPS) is 17.2. The van der Waals surface area contributed by atoms with E-state index in [-0.39, 0.29) is 5.91 Å². The van der Waals surface area contributed by atoms with Crippen LogP contribution in [0.3, 0.4) is 0 Å². The molecular formula is C18H18ClNO2. The molecule has 0 aliphatic carbocycles. The second-order valence-corrected chi connectivity index (χ2v) is 5.98. The lowest BCUT2D eigenvalue weighted by Crippen LogP contribution is -2.36. The largest absolute Gasteiger partial charge is 0.388 e. The SMILES string of the molecule is O=C(CCc1ccccc1)N1CCC(O)c2cc(Cl)ccc21. The number of hydrogen-bond donors (Lipinski definition) is 1. The number of halogens is 1. The van der Waals surface area contributed by atoms with Crippen molar-refractivity contribution in [3.05, 3.63) is 64.7 Å². The van der Waals surface area contributed by atoms with Crippen LogP contribution < -0.4 is 4.90 Å². The molecule has 0 spiro atoms. The van der Waals surface area contributed by atoms with Crippen LogP contribution in [0.25, 0.3) is 0 Å². The minimum Gasteiger partial charge on any atom is -0.388 e. The number of hydrogen-bond acceptors (Lipinski definition) is 2. The first-order chi connectivity index (χ1) is 10.6. The van der Waals surface area contributed by atoms with Gasteiger partial charge < -0.3 is 10.0 Å². The fourth-order valence-electron chi connectivity index (χ4n) is 2.86. The van der Waals surface area contributed by atoms with E-state index >= 15 is 0 Å². The quantitative estimate of drug-likeness (QED) is 0.937. The number of carbonyl (C=O) groups excluding carboxylic acids is 1. The third-order valence-corrected chi connectivity index (χ3v) is 4.27. The van der Waals surface area contributed by atoms with Gasteiger partial charge in [-0.05, 0) is 36.6 Å². The molecule has 22 heavy (non-hydrogen) atoms. The highest BCUT2D eigenvalue weighted by molar-refractivity contribution is 6.30. The third-order valence-electron chi connectivity index (χ3n) is 4.04. The molecule has 1 aliphatic rings. The Hall–Kier alpha value is -1.84. The monoisotopic (exact) mass is 315 g/mol. The van der Waals surface area contributed by atoms with Crippen molar-refractivity contribution in [1.29, 1.82) is 0 Å². The number of carbonyl (C=O) groups is 1. The number of amides is 1. The second kappa shape index (κ2) is 6.51. The van der Waals surface area contributed by atoms with E-state index in [2.05, 4.69) is 0 Å². The number of rotatable bonds is 3. The third kappa shape index (κ3) is 3.16. The zero-order valence-electron chi connectivity index (χ0n) is 12.2. The highest BCUT2D eigenvalue weighted by Gasteiger charge is 2.27. The maximum atomic E-state index is 12.5. The van der Waals surface area contributed by atoms with Crippen LogP contribution in [0.15, 0.2) is 48.5 Å². The number of aliphatic hydroxyl groups is 1. The molecule has 1 amide bonds. The molecular weight excluding hydrogens is 298 g/mol. The Morgan fingerprint density at radius 2 is 2.00 bits per heavy atom. The molecule has 1 atom stereocenters. The van der Waals surface area contributed by atoms with Crippen molar-refractivity contribution in [2.24, 2.45) is 0 Å². The second-order valence-electron chi connectivity index (χ2n) is 5.54. The number of aryl methyl sites for hydroxylation is 1. The molecule has 0 aromatic heterocycles. The molecule has 0 radical (unpaired) electrons. The number of fused-ring (bicyclic) bond motifs is 1. The molecule has 114 valence electrons. The summed E-state index contributed by atoms with van der Waals surface area (Å²) in [5.41, 5.74) is 2.68. The molecule has 0 saturated carbocycles. The van der Waals surface area contributed by atoms with E-state index < -0.39 is 6.10 Å². The van der Waals surface area contributed by atoms with Gasteiger partial charge in [0.05, 0.1) is 6.10 Å². The number of nitrogens with zero attached hydrogens (tertiary/aromatic N) is 1. The molecule has 1 aliphatic heterocycles.